The van der Waals surface area contributed by atoms with E-state index >= 15 is 0 Å². The summed E-state index contributed by atoms with van der Waals surface area (Å²) in [6.45, 7) is 0. The van der Waals surface area contributed by atoms with E-state index in [2.05, 4.69) is 5.32 Å². The topological polar surface area (TPSA) is 144 Å². The molecular formula is C14H17NO7. The molecule has 0 heterocycles. The molecule has 0 unspecified atom stereocenters. The smallest absolute Gasteiger partial charge is 0.326 e. The van der Waals surface area contributed by atoms with Crippen LogP contribution in [-0.4, -0.2) is 44.3 Å². The van der Waals surface area contributed by atoms with Crippen LogP contribution in [0.25, 0.3) is 0 Å². The number of carbonyl (C=O) groups is 3. The Kier molecular flexibility index (Phi) is 6.18. The molecular weight excluding hydrogens is 294 g/mol. The maximum atomic E-state index is 11.9. The predicted octanol–water partition coefficient (Wildman–Crippen LogP) is 0.926. The van der Waals surface area contributed by atoms with Crippen molar-refractivity contribution in [2.45, 2.75) is 31.7 Å². The highest BCUT2D eigenvalue weighted by molar-refractivity contribution is 5.99. The molecule has 1 amide bonds. The average Bonchev–Trinajstić information content (AvgIpc) is 2.44. The minimum absolute atomic E-state index is 0.0634. The molecule has 1 aromatic carbocycles. The van der Waals surface area contributed by atoms with Crippen molar-refractivity contribution in [3.63, 3.8) is 0 Å². The van der Waals surface area contributed by atoms with Gasteiger partial charge in [-0.1, -0.05) is 12.5 Å². The molecule has 0 spiro atoms. The SMILES string of the molecule is O=C(O)CCCC[C@H](NC(=O)c1cccc(O)c1O)C(=O)O. The van der Waals surface area contributed by atoms with Crippen molar-refractivity contribution in [3.05, 3.63) is 23.8 Å². The third-order valence-electron chi connectivity index (χ3n) is 3.00. The molecule has 0 aliphatic carbocycles. The molecule has 22 heavy (non-hydrogen) atoms. The lowest BCUT2D eigenvalue weighted by atomic mass is 10.1. The highest BCUT2D eigenvalue weighted by Gasteiger charge is 2.22. The van der Waals surface area contributed by atoms with Gasteiger partial charge in [-0.05, 0) is 25.0 Å². The zero-order chi connectivity index (χ0) is 16.7. The molecule has 8 heteroatoms. The first-order valence-corrected chi connectivity index (χ1v) is 6.59. The number of aliphatic carboxylic acids is 2. The third kappa shape index (κ3) is 4.97. The van der Waals surface area contributed by atoms with Crippen LogP contribution in [-0.2, 0) is 9.59 Å². The van der Waals surface area contributed by atoms with Crippen LogP contribution in [0.1, 0.15) is 36.0 Å². The predicted molar refractivity (Wildman–Crippen MR) is 74.8 cm³/mol. The molecule has 120 valence electrons. The first-order valence-electron chi connectivity index (χ1n) is 6.59. The lowest BCUT2D eigenvalue weighted by Gasteiger charge is -2.15. The zero-order valence-corrected chi connectivity index (χ0v) is 11.7. The number of carboxylic acid groups (broad SMARTS) is 2. The molecule has 0 aliphatic rings. The molecule has 0 bridgehead atoms. The van der Waals surface area contributed by atoms with Crippen LogP contribution < -0.4 is 5.32 Å². The summed E-state index contributed by atoms with van der Waals surface area (Å²) in [5.41, 5.74) is -0.239. The van der Waals surface area contributed by atoms with Crippen LogP contribution in [0.5, 0.6) is 11.5 Å². The van der Waals surface area contributed by atoms with Crippen molar-refractivity contribution in [2.24, 2.45) is 0 Å². The maximum Gasteiger partial charge on any atom is 0.326 e. The molecule has 0 fully saturated rings. The standard InChI is InChI=1S/C14H17NO7/c16-10-6-3-4-8(12(10)19)13(20)15-9(14(21)22)5-1-2-7-11(17)18/h3-4,6,9,16,19H,1-2,5,7H2,(H,15,20)(H,17,18)(H,21,22)/t9-/m0/s1. The largest absolute Gasteiger partial charge is 0.504 e. The number of carboxylic acids is 2. The van der Waals surface area contributed by atoms with Crippen molar-refractivity contribution in [3.8, 4) is 11.5 Å². The van der Waals surface area contributed by atoms with Crippen LogP contribution in [0.4, 0.5) is 0 Å². The summed E-state index contributed by atoms with van der Waals surface area (Å²) in [4.78, 5) is 33.4. The monoisotopic (exact) mass is 311 g/mol. The second kappa shape index (κ2) is 7.87. The highest BCUT2D eigenvalue weighted by atomic mass is 16.4. The van der Waals surface area contributed by atoms with Crippen LogP contribution in [0.3, 0.4) is 0 Å². The number of unbranched alkanes of at least 4 members (excludes halogenated alkanes) is 1. The summed E-state index contributed by atoms with van der Waals surface area (Å²) in [7, 11) is 0. The van der Waals surface area contributed by atoms with E-state index < -0.39 is 35.4 Å². The van der Waals surface area contributed by atoms with Gasteiger partial charge in [-0.3, -0.25) is 9.59 Å². The fraction of sp³-hybridized carbons (Fsp3) is 0.357. The number of nitrogens with one attached hydrogen (secondary N) is 1. The van der Waals surface area contributed by atoms with Crippen LogP contribution >= 0.6 is 0 Å². The molecule has 0 aliphatic heterocycles. The Morgan fingerprint density at radius 3 is 2.36 bits per heavy atom. The summed E-state index contributed by atoms with van der Waals surface area (Å²) in [6, 6.07) is 2.57. The van der Waals surface area contributed by atoms with Gasteiger partial charge in [0.05, 0.1) is 5.56 Å². The van der Waals surface area contributed by atoms with E-state index in [0.29, 0.717) is 12.8 Å². The average molecular weight is 311 g/mol. The van der Waals surface area contributed by atoms with Gasteiger partial charge in [-0.25, -0.2) is 4.79 Å². The number of benzene rings is 1. The van der Waals surface area contributed by atoms with Gasteiger partial charge in [-0.2, -0.15) is 0 Å². The molecule has 0 saturated heterocycles. The van der Waals surface area contributed by atoms with E-state index in [1.54, 1.807) is 0 Å². The van der Waals surface area contributed by atoms with Crippen LogP contribution in [0, 0.1) is 0 Å². The van der Waals surface area contributed by atoms with Gasteiger partial charge in [0, 0.05) is 6.42 Å². The van der Waals surface area contributed by atoms with E-state index in [9.17, 15) is 24.6 Å². The molecule has 0 radical (unpaired) electrons. The Morgan fingerprint density at radius 1 is 1.09 bits per heavy atom. The van der Waals surface area contributed by atoms with E-state index in [1.807, 2.05) is 0 Å². The fourth-order valence-corrected chi connectivity index (χ4v) is 1.83. The Balaban J connectivity index is 2.66. The summed E-state index contributed by atoms with van der Waals surface area (Å²) >= 11 is 0. The van der Waals surface area contributed by atoms with Crippen molar-refractivity contribution >= 4 is 17.8 Å². The van der Waals surface area contributed by atoms with Gasteiger partial charge in [0.15, 0.2) is 11.5 Å². The number of phenolic OH excluding ortho intramolecular Hbond substituents is 2. The number of hydrogen-bond acceptors (Lipinski definition) is 5. The van der Waals surface area contributed by atoms with Crippen LogP contribution in [0.2, 0.25) is 0 Å². The normalized spacial score (nSPS) is 11.6. The Hall–Kier alpha value is -2.77. The van der Waals surface area contributed by atoms with Crippen molar-refractivity contribution in [2.75, 3.05) is 0 Å². The maximum absolute atomic E-state index is 11.9. The van der Waals surface area contributed by atoms with Gasteiger partial charge in [0.1, 0.15) is 6.04 Å². The number of phenols is 2. The number of hydrogen-bond donors (Lipinski definition) is 5. The minimum atomic E-state index is -1.26. The van der Waals surface area contributed by atoms with Gasteiger partial charge in [-0.15, -0.1) is 0 Å². The fourth-order valence-electron chi connectivity index (χ4n) is 1.83. The number of aromatic hydroxyl groups is 2. The summed E-state index contributed by atoms with van der Waals surface area (Å²) < 4.78 is 0. The summed E-state index contributed by atoms with van der Waals surface area (Å²) in [5.74, 6) is -4.18. The van der Waals surface area contributed by atoms with Crippen LogP contribution in [0.15, 0.2) is 18.2 Å². The number of para-hydroxylation sites is 1. The molecule has 0 aromatic heterocycles. The molecule has 1 atom stereocenters. The van der Waals surface area contributed by atoms with Gasteiger partial charge < -0.3 is 25.7 Å². The Labute approximate surface area is 126 Å². The molecule has 0 saturated carbocycles. The number of carbonyl (C=O) groups excluding carboxylic acids is 1. The Morgan fingerprint density at radius 2 is 1.77 bits per heavy atom. The van der Waals surface area contributed by atoms with E-state index in [4.69, 9.17) is 10.2 Å². The van der Waals surface area contributed by atoms with E-state index in [-0.39, 0.29) is 18.4 Å². The van der Waals surface area contributed by atoms with E-state index in [0.717, 1.165) is 0 Å². The van der Waals surface area contributed by atoms with Gasteiger partial charge in [0.25, 0.3) is 5.91 Å². The van der Waals surface area contributed by atoms with Crippen molar-refractivity contribution in [1.82, 2.24) is 5.32 Å². The quantitative estimate of drug-likeness (QED) is 0.354. The minimum Gasteiger partial charge on any atom is -0.504 e. The highest BCUT2D eigenvalue weighted by Crippen LogP contribution is 2.28. The third-order valence-corrected chi connectivity index (χ3v) is 3.00. The first kappa shape index (κ1) is 17.3. The summed E-state index contributed by atoms with van der Waals surface area (Å²) in [5, 5.41) is 38.7. The van der Waals surface area contributed by atoms with Crippen molar-refractivity contribution < 1.29 is 34.8 Å². The lowest BCUT2D eigenvalue weighted by molar-refractivity contribution is -0.139. The summed E-state index contributed by atoms with van der Waals surface area (Å²) in [6.07, 6.45) is 0.601. The number of amides is 1. The first-order chi connectivity index (χ1) is 10.3. The molecule has 1 rings (SSSR count). The zero-order valence-electron chi connectivity index (χ0n) is 11.7. The second-order valence-corrected chi connectivity index (χ2v) is 4.68. The molecule has 5 N–H and O–H groups in total. The Bertz CT molecular complexity index is 570. The molecule has 8 nitrogen and oxygen atoms in total. The molecule has 1 aromatic rings. The lowest BCUT2D eigenvalue weighted by Crippen LogP contribution is -2.40. The van der Waals surface area contributed by atoms with Gasteiger partial charge in [0.2, 0.25) is 0 Å². The van der Waals surface area contributed by atoms with Crippen molar-refractivity contribution in [1.29, 1.82) is 0 Å². The number of rotatable bonds is 8. The van der Waals surface area contributed by atoms with Gasteiger partial charge >= 0.3 is 11.9 Å². The van der Waals surface area contributed by atoms with E-state index in [1.165, 1.54) is 18.2 Å². The second-order valence-electron chi connectivity index (χ2n) is 4.68.